The van der Waals surface area contributed by atoms with Crippen LogP contribution in [0.3, 0.4) is 0 Å². The maximum absolute atomic E-state index is 14.2. The van der Waals surface area contributed by atoms with Crippen LogP contribution in [0.4, 0.5) is 8.78 Å². The van der Waals surface area contributed by atoms with Crippen molar-refractivity contribution in [3.63, 3.8) is 0 Å². The Morgan fingerprint density at radius 2 is 1.95 bits per heavy atom. The SMILES string of the molecule is Cc1ccc(F)c(-c2nnc(CO)n2CC(C)C)c1F. The molecule has 0 saturated carbocycles. The molecule has 0 aliphatic rings. The van der Waals surface area contributed by atoms with E-state index in [0.717, 1.165) is 0 Å². The van der Waals surface area contributed by atoms with Crippen LogP contribution < -0.4 is 0 Å². The zero-order valence-electron chi connectivity index (χ0n) is 11.7. The van der Waals surface area contributed by atoms with E-state index in [1.54, 1.807) is 11.5 Å². The number of hydrogen-bond donors (Lipinski definition) is 1. The van der Waals surface area contributed by atoms with Crippen molar-refractivity contribution in [3.05, 3.63) is 35.2 Å². The van der Waals surface area contributed by atoms with Crippen molar-refractivity contribution in [1.82, 2.24) is 14.8 Å². The lowest BCUT2D eigenvalue weighted by Crippen LogP contribution is -2.11. The fraction of sp³-hybridized carbons (Fsp3) is 0.429. The number of hydrogen-bond acceptors (Lipinski definition) is 3. The van der Waals surface area contributed by atoms with Gasteiger partial charge in [-0.15, -0.1) is 10.2 Å². The van der Waals surface area contributed by atoms with Crippen LogP contribution in [0, 0.1) is 24.5 Å². The highest BCUT2D eigenvalue weighted by Gasteiger charge is 2.21. The molecular formula is C14H17F2N3O. The first-order chi connectivity index (χ1) is 9.45. The lowest BCUT2D eigenvalue weighted by molar-refractivity contribution is 0.262. The second kappa shape index (κ2) is 5.66. The van der Waals surface area contributed by atoms with Gasteiger partial charge in [0.2, 0.25) is 0 Å². The zero-order valence-corrected chi connectivity index (χ0v) is 11.7. The molecule has 20 heavy (non-hydrogen) atoms. The molecule has 4 nitrogen and oxygen atoms in total. The second-order valence-electron chi connectivity index (χ2n) is 5.16. The summed E-state index contributed by atoms with van der Waals surface area (Å²) in [6, 6.07) is 2.59. The molecule has 0 bridgehead atoms. The quantitative estimate of drug-likeness (QED) is 0.937. The fourth-order valence-electron chi connectivity index (χ4n) is 2.06. The van der Waals surface area contributed by atoms with Gasteiger partial charge in [0, 0.05) is 6.54 Å². The van der Waals surface area contributed by atoms with E-state index in [0.29, 0.717) is 17.9 Å². The van der Waals surface area contributed by atoms with Crippen LogP contribution in [0.1, 0.15) is 25.2 Å². The summed E-state index contributed by atoms with van der Waals surface area (Å²) in [7, 11) is 0. The van der Waals surface area contributed by atoms with Crippen molar-refractivity contribution in [2.24, 2.45) is 5.92 Å². The topological polar surface area (TPSA) is 50.9 Å². The van der Waals surface area contributed by atoms with Crippen LogP contribution in [0.5, 0.6) is 0 Å². The van der Waals surface area contributed by atoms with Gasteiger partial charge in [0.25, 0.3) is 0 Å². The third-order valence-corrected chi connectivity index (χ3v) is 3.02. The van der Waals surface area contributed by atoms with Gasteiger partial charge in [-0.3, -0.25) is 0 Å². The van der Waals surface area contributed by atoms with Gasteiger partial charge in [0.1, 0.15) is 18.2 Å². The number of aryl methyl sites for hydroxylation is 1. The Morgan fingerprint density at radius 1 is 1.25 bits per heavy atom. The van der Waals surface area contributed by atoms with E-state index in [1.165, 1.54) is 12.1 Å². The Labute approximate surface area is 116 Å². The third-order valence-electron chi connectivity index (χ3n) is 3.02. The van der Waals surface area contributed by atoms with Crippen molar-refractivity contribution in [3.8, 4) is 11.4 Å². The summed E-state index contributed by atoms with van der Waals surface area (Å²) in [4.78, 5) is 0. The normalized spacial score (nSPS) is 11.3. The largest absolute Gasteiger partial charge is 0.388 e. The molecule has 0 saturated heterocycles. The molecule has 0 spiro atoms. The molecule has 2 aromatic rings. The second-order valence-corrected chi connectivity index (χ2v) is 5.16. The Bertz CT molecular complexity index is 623. The minimum absolute atomic E-state index is 0.112. The Balaban J connectivity index is 2.64. The molecule has 0 unspecified atom stereocenters. The molecule has 0 amide bonds. The first-order valence-electron chi connectivity index (χ1n) is 6.43. The van der Waals surface area contributed by atoms with E-state index >= 15 is 0 Å². The monoisotopic (exact) mass is 281 g/mol. The first kappa shape index (κ1) is 14.6. The minimum atomic E-state index is -0.685. The minimum Gasteiger partial charge on any atom is -0.388 e. The number of rotatable bonds is 4. The maximum atomic E-state index is 14.2. The number of aliphatic hydroxyl groups excluding tert-OH is 1. The van der Waals surface area contributed by atoms with Crippen molar-refractivity contribution >= 4 is 0 Å². The molecule has 6 heteroatoms. The van der Waals surface area contributed by atoms with Gasteiger partial charge >= 0.3 is 0 Å². The van der Waals surface area contributed by atoms with Gasteiger partial charge in [-0.2, -0.15) is 0 Å². The van der Waals surface area contributed by atoms with Gasteiger partial charge in [0.15, 0.2) is 11.6 Å². The molecule has 1 aromatic heterocycles. The highest BCUT2D eigenvalue weighted by atomic mass is 19.1. The molecule has 2 rings (SSSR count). The average molecular weight is 281 g/mol. The predicted octanol–water partition coefficient (Wildman–Crippen LogP) is 2.68. The molecule has 0 aliphatic heterocycles. The summed E-state index contributed by atoms with van der Waals surface area (Å²) in [6.45, 7) is 5.65. The summed E-state index contributed by atoms with van der Waals surface area (Å²) in [5.41, 5.74) is 0.142. The van der Waals surface area contributed by atoms with Crippen LogP contribution in [0.25, 0.3) is 11.4 Å². The van der Waals surface area contributed by atoms with Gasteiger partial charge in [0.05, 0.1) is 5.56 Å². The van der Waals surface area contributed by atoms with Gasteiger partial charge < -0.3 is 9.67 Å². The number of aliphatic hydroxyl groups is 1. The molecule has 0 radical (unpaired) electrons. The summed E-state index contributed by atoms with van der Waals surface area (Å²) in [6.07, 6.45) is 0. The van der Waals surface area contributed by atoms with Crippen molar-refractivity contribution < 1.29 is 13.9 Å². The van der Waals surface area contributed by atoms with Gasteiger partial charge in [-0.25, -0.2) is 8.78 Å². The lowest BCUT2D eigenvalue weighted by Gasteiger charge is -2.13. The molecule has 0 aliphatic carbocycles. The van der Waals surface area contributed by atoms with Crippen LogP contribution in [-0.4, -0.2) is 19.9 Å². The smallest absolute Gasteiger partial charge is 0.170 e. The summed E-state index contributed by atoms with van der Waals surface area (Å²) < 4.78 is 29.7. The van der Waals surface area contributed by atoms with E-state index in [4.69, 9.17) is 0 Å². The van der Waals surface area contributed by atoms with Crippen LogP contribution in [-0.2, 0) is 13.2 Å². The molecule has 1 aromatic carbocycles. The predicted molar refractivity (Wildman–Crippen MR) is 70.9 cm³/mol. The number of nitrogens with zero attached hydrogens (tertiary/aromatic N) is 3. The van der Waals surface area contributed by atoms with E-state index in [-0.39, 0.29) is 23.9 Å². The number of benzene rings is 1. The Kier molecular flexibility index (Phi) is 4.13. The molecule has 1 heterocycles. The van der Waals surface area contributed by atoms with Crippen LogP contribution in [0.2, 0.25) is 0 Å². The standard InChI is InChI=1S/C14H17F2N3O/c1-8(2)6-19-11(7-20)17-18-14(19)12-10(15)5-4-9(3)13(12)16/h4-5,8,20H,6-7H2,1-3H3. The fourth-order valence-corrected chi connectivity index (χ4v) is 2.06. The number of aromatic nitrogens is 3. The van der Waals surface area contributed by atoms with E-state index in [2.05, 4.69) is 10.2 Å². The van der Waals surface area contributed by atoms with Crippen molar-refractivity contribution in [2.75, 3.05) is 0 Å². The molecule has 0 fully saturated rings. The van der Waals surface area contributed by atoms with E-state index in [9.17, 15) is 13.9 Å². The van der Waals surface area contributed by atoms with Crippen LogP contribution >= 0.6 is 0 Å². The highest BCUT2D eigenvalue weighted by Crippen LogP contribution is 2.27. The highest BCUT2D eigenvalue weighted by molar-refractivity contribution is 5.58. The van der Waals surface area contributed by atoms with Crippen molar-refractivity contribution in [1.29, 1.82) is 0 Å². The molecule has 1 N–H and O–H groups in total. The Morgan fingerprint density at radius 3 is 2.55 bits per heavy atom. The summed E-state index contributed by atoms with van der Waals surface area (Å²) >= 11 is 0. The molecular weight excluding hydrogens is 264 g/mol. The first-order valence-corrected chi connectivity index (χ1v) is 6.43. The summed E-state index contributed by atoms with van der Waals surface area (Å²) in [5, 5.41) is 16.9. The van der Waals surface area contributed by atoms with E-state index in [1.807, 2.05) is 13.8 Å². The molecule has 108 valence electrons. The number of halogens is 2. The Hall–Kier alpha value is -1.82. The van der Waals surface area contributed by atoms with Crippen LogP contribution in [0.15, 0.2) is 12.1 Å². The third kappa shape index (κ3) is 2.56. The van der Waals surface area contributed by atoms with Crippen molar-refractivity contribution in [2.45, 2.75) is 33.9 Å². The lowest BCUT2D eigenvalue weighted by atomic mass is 10.1. The zero-order chi connectivity index (χ0) is 14.9. The van der Waals surface area contributed by atoms with Gasteiger partial charge in [-0.1, -0.05) is 19.9 Å². The van der Waals surface area contributed by atoms with E-state index < -0.39 is 11.6 Å². The molecule has 0 atom stereocenters. The average Bonchev–Trinajstić information content (AvgIpc) is 2.77. The van der Waals surface area contributed by atoms with Gasteiger partial charge in [-0.05, 0) is 24.5 Å². The summed E-state index contributed by atoms with van der Waals surface area (Å²) in [5.74, 6) is -0.691. The maximum Gasteiger partial charge on any atom is 0.170 e.